The van der Waals surface area contributed by atoms with Crippen molar-refractivity contribution in [1.29, 1.82) is 0 Å². The summed E-state index contributed by atoms with van der Waals surface area (Å²) in [5, 5.41) is 11.2. The maximum absolute atomic E-state index is 13.1. The first-order valence-corrected chi connectivity index (χ1v) is 11.5. The highest BCUT2D eigenvalue weighted by Gasteiger charge is 2.46. The first-order valence-electron chi connectivity index (χ1n) is 11.5. The smallest absolute Gasteiger partial charge is 0.295 e. The fourth-order valence-electron chi connectivity index (χ4n) is 3.90. The summed E-state index contributed by atoms with van der Waals surface area (Å²) in [7, 11) is 0. The van der Waals surface area contributed by atoms with Crippen molar-refractivity contribution in [2.24, 2.45) is 5.92 Å². The van der Waals surface area contributed by atoms with E-state index < -0.39 is 17.7 Å². The van der Waals surface area contributed by atoms with Crippen molar-refractivity contribution in [1.82, 2.24) is 14.8 Å². The number of aliphatic hydroxyl groups is 1. The van der Waals surface area contributed by atoms with Crippen LogP contribution in [0.25, 0.3) is 5.76 Å². The van der Waals surface area contributed by atoms with Crippen LogP contribution in [-0.4, -0.2) is 64.4 Å². The Kier molecular flexibility index (Phi) is 8.22. The first-order chi connectivity index (χ1) is 15.9. The zero-order valence-electron chi connectivity index (χ0n) is 19.8. The molecule has 7 nitrogen and oxygen atoms in total. The largest absolute Gasteiger partial charge is 0.507 e. The van der Waals surface area contributed by atoms with Crippen LogP contribution in [-0.2, 0) is 9.59 Å². The number of nitrogens with zero attached hydrogens (tertiary/aromatic N) is 3. The number of ether oxygens (including phenoxy) is 1. The van der Waals surface area contributed by atoms with Crippen LogP contribution in [0.1, 0.15) is 45.0 Å². The molecule has 7 heteroatoms. The van der Waals surface area contributed by atoms with Gasteiger partial charge in [-0.3, -0.25) is 14.6 Å². The second-order valence-corrected chi connectivity index (χ2v) is 8.51. The Balaban J connectivity index is 2.03. The number of hydrogen-bond donors (Lipinski definition) is 1. The minimum Gasteiger partial charge on any atom is -0.507 e. The molecule has 2 heterocycles. The van der Waals surface area contributed by atoms with Gasteiger partial charge in [-0.15, -0.1) is 0 Å². The number of amides is 1. The number of benzene rings is 1. The van der Waals surface area contributed by atoms with Gasteiger partial charge in [-0.05, 0) is 43.3 Å². The Hall–Kier alpha value is -3.19. The molecule has 2 aromatic rings. The molecule has 1 N–H and O–H groups in total. The van der Waals surface area contributed by atoms with E-state index in [0.29, 0.717) is 42.6 Å². The standard InChI is InChI=1S/C26H33N3O4/c1-5-28(6-2)14-15-29-23(21-12-7-8-13-27-21)22(25(31)26(29)32)24(30)19-10-9-11-20(16-19)33-17-18(3)4/h7-13,16,18,23,30H,5-6,14-15,17H2,1-4H3/b24-22-. The number of aliphatic hydroxyl groups excluding tert-OH is 1. The second kappa shape index (κ2) is 11.1. The summed E-state index contributed by atoms with van der Waals surface area (Å²) in [6, 6.07) is 11.6. The number of rotatable bonds is 10. The molecule has 33 heavy (non-hydrogen) atoms. The maximum atomic E-state index is 13.1. The number of likely N-dealkylation sites (tertiary alicyclic amines) is 1. The zero-order chi connectivity index (χ0) is 24.0. The molecule has 176 valence electrons. The predicted octanol–water partition coefficient (Wildman–Crippen LogP) is 3.88. The quantitative estimate of drug-likeness (QED) is 0.335. The molecule has 0 saturated carbocycles. The Morgan fingerprint density at radius 3 is 2.55 bits per heavy atom. The average molecular weight is 452 g/mol. The van der Waals surface area contributed by atoms with E-state index in [2.05, 4.69) is 37.6 Å². The topological polar surface area (TPSA) is 83.0 Å². The summed E-state index contributed by atoms with van der Waals surface area (Å²) < 4.78 is 5.78. The van der Waals surface area contributed by atoms with E-state index in [0.717, 1.165) is 13.1 Å². The molecule has 1 amide bonds. The molecule has 1 fully saturated rings. The molecule has 0 aliphatic carbocycles. The number of carbonyl (C=O) groups excluding carboxylic acids is 2. The predicted molar refractivity (Wildman–Crippen MR) is 128 cm³/mol. The van der Waals surface area contributed by atoms with Gasteiger partial charge in [-0.25, -0.2) is 0 Å². The second-order valence-electron chi connectivity index (χ2n) is 8.51. The van der Waals surface area contributed by atoms with Gasteiger partial charge in [0.05, 0.1) is 17.9 Å². The average Bonchev–Trinajstić information content (AvgIpc) is 3.08. The fourth-order valence-corrected chi connectivity index (χ4v) is 3.90. The maximum Gasteiger partial charge on any atom is 0.295 e. The molecule has 0 radical (unpaired) electrons. The Bertz CT molecular complexity index is 1000. The normalized spacial score (nSPS) is 17.9. The molecule has 0 bridgehead atoms. The summed E-state index contributed by atoms with van der Waals surface area (Å²) in [4.78, 5) is 34.3. The van der Waals surface area contributed by atoms with E-state index in [1.165, 1.54) is 4.90 Å². The van der Waals surface area contributed by atoms with Crippen molar-refractivity contribution < 1.29 is 19.4 Å². The van der Waals surface area contributed by atoms with Crippen LogP contribution in [0.15, 0.2) is 54.2 Å². The number of ketones is 1. The Morgan fingerprint density at radius 1 is 1.15 bits per heavy atom. The summed E-state index contributed by atoms with van der Waals surface area (Å²) >= 11 is 0. The Morgan fingerprint density at radius 2 is 1.91 bits per heavy atom. The molecule has 0 spiro atoms. The van der Waals surface area contributed by atoms with Crippen LogP contribution >= 0.6 is 0 Å². The third kappa shape index (κ3) is 5.60. The molecule has 1 aliphatic heterocycles. The lowest BCUT2D eigenvalue weighted by Crippen LogP contribution is -2.38. The minimum absolute atomic E-state index is 0.0549. The van der Waals surface area contributed by atoms with Crippen molar-refractivity contribution >= 4 is 17.4 Å². The fraction of sp³-hybridized carbons (Fsp3) is 0.423. The van der Waals surface area contributed by atoms with Gasteiger partial charge in [0.15, 0.2) is 0 Å². The number of Topliss-reactive ketones (excluding diaryl/α,β-unsaturated/α-hetero) is 1. The summed E-state index contributed by atoms with van der Waals surface area (Å²) in [6.45, 7) is 11.4. The van der Waals surface area contributed by atoms with Crippen LogP contribution in [0, 0.1) is 5.92 Å². The molecule has 1 unspecified atom stereocenters. The van der Waals surface area contributed by atoms with Gasteiger partial charge in [-0.2, -0.15) is 0 Å². The third-order valence-electron chi connectivity index (χ3n) is 5.75. The van der Waals surface area contributed by atoms with E-state index in [-0.39, 0.29) is 11.3 Å². The highest BCUT2D eigenvalue weighted by Crippen LogP contribution is 2.38. The SMILES string of the molecule is CCN(CC)CCN1C(=O)C(=O)/C(=C(\O)c2cccc(OCC(C)C)c2)C1c1ccccn1. The van der Waals surface area contributed by atoms with Gasteiger partial charge in [-0.1, -0.05) is 45.9 Å². The van der Waals surface area contributed by atoms with E-state index in [9.17, 15) is 14.7 Å². The molecule has 1 saturated heterocycles. The van der Waals surface area contributed by atoms with E-state index in [1.807, 2.05) is 6.07 Å². The molecule has 1 aromatic heterocycles. The van der Waals surface area contributed by atoms with Crippen molar-refractivity contribution in [3.8, 4) is 5.75 Å². The molecular formula is C26H33N3O4. The van der Waals surface area contributed by atoms with Gasteiger partial charge in [0, 0.05) is 24.8 Å². The van der Waals surface area contributed by atoms with Crippen molar-refractivity contribution in [3.05, 3.63) is 65.5 Å². The number of pyridine rings is 1. The van der Waals surface area contributed by atoms with Crippen LogP contribution in [0.5, 0.6) is 5.75 Å². The Labute approximate surface area is 195 Å². The van der Waals surface area contributed by atoms with Gasteiger partial charge in [0.2, 0.25) is 0 Å². The molecule has 1 atom stereocenters. The van der Waals surface area contributed by atoms with Gasteiger partial charge in [0.25, 0.3) is 11.7 Å². The minimum atomic E-state index is -0.748. The van der Waals surface area contributed by atoms with Gasteiger partial charge in [0.1, 0.15) is 17.6 Å². The lowest BCUT2D eigenvalue weighted by Gasteiger charge is -2.27. The van der Waals surface area contributed by atoms with Crippen LogP contribution in [0.2, 0.25) is 0 Å². The monoisotopic (exact) mass is 451 g/mol. The number of aromatic nitrogens is 1. The first kappa shape index (κ1) is 24.5. The molecule has 1 aromatic carbocycles. The lowest BCUT2D eigenvalue weighted by molar-refractivity contribution is -0.140. The van der Waals surface area contributed by atoms with Crippen molar-refractivity contribution in [3.63, 3.8) is 0 Å². The molecule has 1 aliphatic rings. The summed E-state index contributed by atoms with van der Waals surface area (Å²) in [5.74, 6) is -0.590. The summed E-state index contributed by atoms with van der Waals surface area (Å²) in [6.07, 6.45) is 1.63. The van der Waals surface area contributed by atoms with Crippen molar-refractivity contribution in [2.75, 3.05) is 32.8 Å². The zero-order valence-corrected chi connectivity index (χ0v) is 19.8. The van der Waals surface area contributed by atoms with E-state index in [1.54, 1.807) is 42.6 Å². The van der Waals surface area contributed by atoms with Crippen LogP contribution in [0.4, 0.5) is 0 Å². The molecular weight excluding hydrogens is 418 g/mol. The van der Waals surface area contributed by atoms with Crippen LogP contribution in [0.3, 0.4) is 0 Å². The molecule has 3 rings (SSSR count). The van der Waals surface area contributed by atoms with E-state index >= 15 is 0 Å². The highest BCUT2D eigenvalue weighted by molar-refractivity contribution is 6.46. The highest BCUT2D eigenvalue weighted by atomic mass is 16.5. The van der Waals surface area contributed by atoms with Gasteiger partial charge < -0.3 is 19.6 Å². The number of hydrogen-bond acceptors (Lipinski definition) is 6. The summed E-state index contributed by atoms with van der Waals surface area (Å²) in [5.41, 5.74) is 1.03. The number of likely N-dealkylation sites (N-methyl/N-ethyl adjacent to an activating group) is 1. The van der Waals surface area contributed by atoms with Gasteiger partial charge >= 0.3 is 0 Å². The van der Waals surface area contributed by atoms with Crippen LogP contribution < -0.4 is 4.74 Å². The third-order valence-corrected chi connectivity index (χ3v) is 5.75. The van der Waals surface area contributed by atoms with E-state index in [4.69, 9.17) is 4.74 Å². The number of carbonyl (C=O) groups is 2. The lowest BCUT2D eigenvalue weighted by atomic mass is 9.98. The van der Waals surface area contributed by atoms with Crippen molar-refractivity contribution in [2.45, 2.75) is 33.7 Å².